The van der Waals surface area contributed by atoms with Crippen molar-refractivity contribution in [3.63, 3.8) is 0 Å². The predicted molar refractivity (Wildman–Crippen MR) is 40.4 cm³/mol. The maximum atomic E-state index is 11.1. The monoisotopic (exact) mass is 172 g/mol. The first kappa shape index (κ1) is 8.29. The quantitative estimate of drug-likeness (QED) is 0.629. The normalized spacial score (nSPS) is 12.8. The lowest BCUT2D eigenvalue weighted by Crippen LogP contribution is -2.03. The highest BCUT2D eigenvalue weighted by Gasteiger charge is 2.01. The molecule has 0 fully saturated rings. The SMILES string of the molecule is O=S(CCO)c1ccncn1. The van der Waals surface area contributed by atoms with Crippen LogP contribution >= 0.6 is 0 Å². The molecule has 0 radical (unpaired) electrons. The molecule has 0 saturated carbocycles. The van der Waals surface area contributed by atoms with E-state index < -0.39 is 10.8 Å². The van der Waals surface area contributed by atoms with E-state index in [4.69, 9.17) is 5.11 Å². The van der Waals surface area contributed by atoms with Crippen LogP contribution in [0.25, 0.3) is 0 Å². The Hall–Kier alpha value is -0.810. The Kier molecular flexibility index (Phi) is 3.13. The summed E-state index contributed by atoms with van der Waals surface area (Å²) in [6.45, 7) is -0.0867. The van der Waals surface area contributed by atoms with Crippen LogP contribution in [0.5, 0.6) is 0 Å². The number of aromatic nitrogens is 2. The van der Waals surface area contributed by atoms with Gasteiger partial charge in [0.2, 0.25) is 0 Å². The second-order valence-electron chi connectivity index (χ2n) is 1.82. The van der Waals surface area contributed by atoms with Crippen molar-refractivity contribution in [2.24, 2.45) is 0 Å². The highest BCUT2D eigenvalue weighted by Crippen LogP contribution is 1.98. The van der Waals surface area contributed by atoms with E-state index >= 15 is 0 Å². The molecule has 1 rings (SSSR count). The molecule has 0 saturated heterocycles. The van der Waals surface area contributed by atoms with Crippen LogP contribution in [0.4, 0.5) is 0 Å². The molecule has 4 nitrogen and oxygen atoms in total. The van der Waals surface area contributed by atoms with Crippen LogP contribution in [0.1, 0.15) is 0 Å². The van der Waals surface area contributed by atoms with Crippen LogP contribution in [0.2, 0.25) is 0 Å². The zero-order chi connectivity index (χ0) is 8.10. The van der Waals surface area contributed by atoms with Gasteiger partial charge in [-0.25, -0.2) is 9.97 Å². The number of nitrogens with zero attached hydrogens (tertiary/aromatic N) is 2. The van der Waals surface area contributed by atoms with E-state index in [1.807, 2.05) is 0 Å². The van der Waals surface area contributed by atoms with E-state index in [0.717, 1.165) is 0 Å². The van der Waals surface area contributed by atoms with Gasteiger partial charge < -0.3 is 5.11 Å². The first-order chi connectivity index (χ1) is 5.34. The molecule has 1 aromatic heterocycles. The lowest BCUT2D eigenvalue weighted by atomic mass is 10.7. The average molecular weight is 172 g/mol. The van der Waals surface area contributed by atoms with Crippen molar-refractivity contribution >= 4 is 10.8 Å². The molecule has 5 heteroatoms. The molecule has 1 aromatic rings. The fourth-order valence-electron chi connectivity index (χ4n) is 0.601. The van der Waals surface area contributed by atoms with Crippen LogP contribution in [0.3, 0.4) is 0 Å². The molecule has 1 N–H and O–H groups in total. The molecule has 0 aromatic carbocycles. The van der Waals surface area contributed by atoms with Crippen LogP contribution in [-0.2, 0) is 10.8 Å². The minimum atomic E-state index is -1.18. The van der Waals surface area contributed by atoms with E-state index in [0.29, 0.717) is 5.03 Å². The Labute approximate surface area is 66.8 Å². The van der Waals surface area contributed by atoms with E-state index in [1.54, 1.807) is 6.07 Å². The van der Waals surface area contributed by atoms with Crippen LogP contribution in [0.15, 0.2) is 23.6 Å². The molecule has 0 spiro atoms. The topological polar surface area (TPSA) is 63.1 Å². The summed E-state index contributed by atoms with van der Waals surface area (Å²) in [4.78, 5) is 7.45. The van der Waals surface area contributed by atoms with E-state index in [-0.39, 0.29) is 12.4 Å². The summed E-state index contributed by atoms with van der Waals surface area (Å²) >= 11 is 0. The number of aliphatic hydroxyl groups is 1. The smallest absolute Gasteiger partial charge is 0.130 e. The zero-order valence-electron chi connectivity index (χ0n) is 5.80. The Morgan fingerprint density at radius 1 is 1.64 bits per heavy atom. The van der Waals surface area contributed by atoms with Gasteiger partial charge in [-0.05, 0) is 6.07 Å². The standard InChI is InChI=1S/C6H8N2O2S/c9-3-4-11(10)6-1-2-7-5-8-6/h1-2,5,9H,3-4H2. The van der Waals surface area contributed by atoms with E-state index in [1.165, 1.54) is 12.5 Å². The number of hydrogen-bond donors (Lipinski definition) is 1. The van der Waals surface area contributed by atoms with Crippen LogP contribution in [0, 0.1) is 0 Å². The summed E-state index contributed by atoms with van der Waals surface area (Å²) in [6.07, 6.45) is 2.86. The van der Waals surface area contributed by atoms with Crippen molar-refractivity contribution in [3.05, 3.63) is 18.6 Å². The first-order valence-electron chi connectivity index (χ1n) is 3.10. The molecule has 0 bridgehead atoms. The fourth-order valence-corrected chi connectivity index (χ4v) is 1.35. The lowest BCUT2D eigenvalue weighted by molar-refractivity contribution is 0.321. The minimum absolute atomic E-state index is 0.0867. The van der Waals surface area contributed by atoms with Crippen LogP contribution in [-0.4, -0.2) is 31.6 Å². The highest BCUT2D eigenvalue weighted by atomic mass is 32.2. The van der Waals surface area contributed by atoms with Gasteiger partial charge in [0.25, 0.3) is 0 Å². The third-order valence-corrected chi connectivity index (χ3v) is 2.33. The highest BCUT2D eigenvalue weighted by molar-refractivity contribution is 7.84. The van der Waals surface area contributed by atoms with Gasteiger partial charge in [0, 0.05) is 6.20 Å². The van der Waals surface area contributed by atoms with Gasteiger partial charge >= 0.3 is 0 Å². The van der Waals surface area contributed by atoms with Crippen molar-refractivity contribution in [1.29, 1.82) is 0 Å². The summed E-state index contributed by atoms with van der Waals surface area (Å²) in [5.41, 5.74) is 0. The van der Waals surface area contributed by atoms with Crippen LogP contribution < -0.4 is 0 Å². The molecule has 1 atom stereocenters. The van der Waals surface area contributed by atoms with Crippen molar-refractivity contribution in [2.75, 3.05) is 12.4 Å². The lowest BCUT2D eigenvalue weighted by Gasteiger charge is -1.95. The van der Waals surface area contributed by atoms with Gasteiger partial charge in [0.15, 0.2) is 0 Å². The van der Waals surface area contributed by atoms with E-state index in [2.05, 4.69) is 9.97 Å². The van der Waals surface area contributed by atoms with Gasteiger partial charge in [-0.3, -0.25) is 4.21 Å². The predicted octanol–water partition coefficient (Wildman–Crippen LogP) is -0.423. The molecular weight excluding hydrogens is 164 g/mol. The fraction of sp³-hybridized carbons (Fsp3) is 0.333. The average Bonchev–Trinajstić information content (AvgIpc) is 2.07. The molecule has 0 aliphatic carbocycles. The van der Waals surface area contributed by atoms with Gasteiger partial charge in [-0.1, -0.05) is 0 Å². The van der Waals surface area contributed by atoms with Crippen molar-refractivity contribution in [1.82, 2.24) is 9.97 Å². The third kappa shape index (κ3) is 2.36. The molecule has 60 valence electrons. The van der Waals surface area contributed by atoms with Crippen molar-refractivity contribution in [3.8, 4) is 0 Å². The van der Waals surface area contributed by atoms with Crippen molar-refractivity contribution in [2.45, 2.75) is 5.03 Å². The first-order valence-corrected chi connectivity index (χ1v) is 4.41. The molecule has 11 heavy (non-hydrogen) atoms. The second kappa shape index (κ2) is 4.15. The molecule has 0 aliphatic heterocycles. The number of hydrogen-bond acceptors (Lipinski definition) is 4. The number of rotatable bonds is 3. The maximum absolute atomic E-state index is 11.1. The molecule has 0 aliphatic rings. The molecule has 0 amide bonds. The Balaban J connectivity index is 2.69. The van der Waals surface area contributed by atoms with Gasteiger partial charge in [0.05, 0.1) is 23.2 Å². The minimum Gasteiger partial charge on any atom is -0.395 e. The molecule has 1 heterocycles. The zero-order valence-corrected chi connectivity index (χ0v) is 6.62. The molecule has 1 unspecified atom stereocenters. The van der Waals surface area contributed by atoms with Gasteiger partial charge in [-0.15, -0.1) is 0 Å². The van der Waals surface area contributed by atoms with Gasteiger partial charge in [0.1, 0.15) is 11.4 Å². The third-order valence-electron chi connectivity index (χ3n) is 1.06. The van der Waals surface area contributed by atoms with Crippen molar-refractivity contribution < 1.29 is 9.32 Å². The number of aliphatic hydroxyl groups excluding tert-OH is 1. The largest absolute Gasteiger partial charge is 0.395 e. The van der Waals surface area contributed by atoms with E-state index in [9.17, 15) is 4.21 Å². The Bertz CT molecular complexity index is 240. The summed E-state index contributed by atoms with van der Waals surface area (Å²) in [5.74, 6) is 0.233. The van der Waals surface area contributed by atoms with Gasteiger partial charge in [-0.2, -0.15) is 0 Å². The second-order valence-corrected chi connectivity index (χ2v) is 3.34. The summed E-state index contributed by atoms with van der Waals surface area (Å²) in [7, 11) is -1.18. The summed E-state index contributed by atoms with van der Waals surface area (Å²) in [5, 5.41) is 8.93. The molecular formula is C6H8N2O2S. The summed E-state index contributed by atoms with van der Waals surface area (Å²) < 4.78 is 11.1. The Morgan fingerprint density at radius 2 is 2.45 bits per heavy atom. The Morgan fingerprint density at radius 3 is 3.00 bits per heavy atom. The summed E-state index contributed by atoms with van der Waals surface area (Å²) in [6, 6.07) is 1.58. The maximum Gasteiger partial charge on any atom is 0.130 e.